The van der Waals surface area contributed by atoms with Gasteiger partial charge in [-0.15, -0.1) is 0 Å². The molecular formula is C15H25N3O2. The summed E-state index contributed by atoms with van der Waals surface area (Å²) in [5.41, 5.74) is 1.60. The van der Waals surface area contributed by atoms with Gasteiger partial charge in [0.25, 0.3) is 5.91 Å². The van der Waals surface area contributed by atoms with Crippen LogP contribution in [-0.4, -0.2) is 44.9 Å². The molecule has 1 saturated carbocycles. The van der Waals surface area contributed by atoms with Crippen LogP contribution >= 0.6 is 0 Å². The summed E-state index contributed by atoms with van der Waals surface area (Å²) in [7, 11) is 0. The van der Waals surface area contributed by atoms with Crippen LogP contribution in [0.25, 0.3) is 0 Å². The Morgan fingerprint density at radius 1 is 1.55 bits per heavy atom. The number of hydrogen-bond donors (Lipinski definition) is 1. The number of carbonyl (C=O) groups excluding carboxylic acids is 1. The Morgan fingerprint density at radius 2 is 2.25 bits per heavy atom. The first kappa shape index (κ1) is 15.0. The average molecular weight is 279 g/mol. The van der Waals surface area contributed by atoms with Crippen molar-refractivity contribution in [3.8, 4) is 0 Å². The number of hydrogen-bond acceptors (Lipinski definition) is 3. The lowest BCUT2D eigenvalue weighted by atomic mass is 10.1. The third-order valence-electron chi connectivity index (χ3n) is 3.84. The third-order valence-corrected chi connectivity index (χ3v) is 3.84. The van der Waals surface area contributed by atoms with E-state index in [1.807, 2.05) is 11.6 Å². The topological polar surface area (TPSA) is 58.4 Å². The van der Waals surface area contributed by atoms with Gasteiger partial charge in [-0.25, -0.2) is 0 Å². The van der Waals surface area contributed by atoms with Crippen LogP contribution in [0.1, 0.15) is 49.2 Å². The van der Waals surface area contributed by atoms with E-state index in [0.29, 0.717) is 24.1 Å². The normalized spacial score (nSPS) is 14.8. The van der Waals surface area contributed by atoms with Gasteiger partial charge in [0.2, 0.25) is 0 Å². The minimum Gasteiger partial charge on any atom is -0.395 e. The van der Waals surface area contributed by atoms with Gasteiger partial charge in [-0.2, -0.15) is 5.10 Å². The van der Waals surface area contributed by atoms with Crippen LogP contribution in [0.4, 0.5) is 0 Å². The van der Waals surface area contributed by atoms with Crippen LogP contribution in [0.5, 0.6) is 0 Å². The summed E-state index contributed by atoms with van der Waals surface area (Å²) in [6, 6.07) is 0.313. The van der Waals surface area contributed by atoms with Crippen molar-refractivity contribution < 1.29 is 9.90 Å². The number of carbonyl (C=O) groups is 1. The Morgan fingerprint density at radius 3 is 2.80 bits per heavy atom. The quantitative estimate of drug-likeness (QED) is 0.828. The van der Waals surface area contributed by atoms with E-state index in [4.69, 9.17) is 5.11 Å². The Bertz CT molecular complexity index is 464. The maximum absolute atomic E-state index is 12.6. The average Bonchev–Trinajstić information content (AvgIpc) is 3.17. The molecule has 0 radical (unpaired) electrons. The molecule has 1 aromatic rings. The minimum absolute atomic E-state index is 0.00912. The number of amides is 1. The second kappa shape index (κ2) is 6.39. The molecule has 5 heteroatoms. The van der Waals surface area contributed by atoms with E-state index in [-0.39, 0.29) is 12.5 Å². The molecule has 112 valence electrons. The number of aliphatic hydroxyl groups is 1. The largest absolute Gasteiger partial charge is 0.395 e. The first-order valence-electron chi connectivity index (χ1n) is 7.48. The van der Waals surface area contributed by atoms with E-state index in [2.05, 4.69) is 18.9 Å². The summed E-state index contributed by atoms with van der Waals surface area (Å²) in [5, 5.41) is 13.5. The van der Waals surface area contributed by atoms with Crippen molar-refractivity contribution >= 4 is 5.91 Å². The van der Waals surface area contributed by atoms with Crippen molar-refractivity contribution in [3.63, 3.8) is 0 Å². The molecule has 0 saturated heterocycles. The molecule has 5 nitrogen and oxygen atoms in total. The second-order valence-corrected chi connectivity index (χ2v) is 6.00. The zero-order valence-corrected chi connectivity index (χ0v) is 12.7. The van der Waals surface area contributed by atoms with Gasteiger partial charge in [-0.3, -0.25) is 9.48 Å². The molecular weight excluding hydrogens is 254 g/mol. The number of nitrogens with zero attached hydrogens (tertiary/aromatic N) is 3. The summed E-state index contributed by atoms with van der Waals surface area (Å²) in [5.74, 6) is 0.630. The molecule has 1 aliphatic rings. The van der Waals surface area contributed by atoms with Gasteiger partial charge in [0.15, 0.2) is 0 Å². The first-order valence-corrected chi connectivity index (χ1v) is 7.48. The van der Waals surface area contributed by atoms with Gasteiger partial charge in [0.1, 0.15) is 0 Å². The van der Waals surface area contributed by atoms with E-state index in [1.165, 1.54) is 0 Å². The second-order valence-electron chi connectivity index (χ2n) is 6.00. The maximum Gasteiger partial charge on any atom is 0.257 e. The number of aliphatic hydroxyl groups excluding tert-OH is 1. The van der Waals surface area contributed by atoms with Crippen LogP contribution < -0.4 is 0 Å². The lowest BCUT2D eigenvalue weighted by molar-refractivity contribution is 0.0706. The van der Waals surface area contributed by atoms with E-state index in [0.717, 1.165) is 31.5 Å². The van der Waals surface area contributed by atoms with Crippen molar-refractivity contribution in [2.75, 3.05) is 13.2 Å². The zero-order chi connectivity index (χ0) is 14.7. The highest BCUT2D eigenvalue weighted by atomic mass is 16.3. The lowest BCUT2D eigenvalue weighted by Crippen LogP contribution is -2.35. The SMILES string of the molecule is Cc1c(C(=O)N(CCO)C2CC2)cnn1CCC(C)C. The highest BCUT2D eigenvalue weighted by molar-refractivity contribution is 5.95. The third kappa shape index (κ3) is 3.39. The Labute approximate surface area is 120 Å². The molecule has 1 amide bonds. The number of aryl methyl sites for hydroxylation is 1. The summed E-state index contributed by atoms with van der Waals surface area (Å²) in [6.45, 7) is 7.59. The maximum atomic E-state index is 12.6. The lowest BCUT2D eigenvalue weighted by Gasteiger charge is -2.21. The molecule has 1 aliphatic carbocycles. The highest BCUT2D eigenvalue weighted by Gasteiger charge is 2.33. The zero-order valence-electron chi connectivity index (χ0n) is 12.7. The van der Waals surface area contributed by atoms with Crippen molar-refractivity contribution in [2.45, 2.75) is 52.6 Å². The highest BCUT2D eigenvalue weighted by Crippen LogP contribution is 2.28. The van der Waals surface area contributed by atoms with Crippen LogP contribution in [0.2, 0.25) is 0 Å². The van der Waals surface area contributed by atoms with Gasteiger partial charge in [-0.1, -0.05) is 13.8 Å². The summed E-state index contributed by atoms with van der Waals surface area (Å²) in [4.78, 5) is 14.3. The molecule has 20 heavy (non-hydrogen) atoms. The molecule has 0 spiro atoms. The summed E-state index contributed by atoms with van der Waals surface area (Å²) in [6.07, 6.45) is 4.82. The van der Waals surface area contributed by atoms with Crippen molar-refractivity contribution in [3.05, 3.63) is 17.5 Å². The molecule has 1 fully saturated rings. The van der Waals surface area contributed by atoms with Crippen LogP contribution in [0.15, 0.2) is 6.20 Å². The Hall–Kier alpha value is -1.36. The van der Waals surface area contributed by atoms with Crippen molar-refractivity contribution in [1.29, 1.82) is 0 Å². The van der Waals surface area contributed by atoms with Crippen molar-refractivity contribution in [2.24, 2.45) is 5.92 Å². The molecule has 2 rings (SSSR count). The van der Waals surface area contributed by atoms with Gasteiger partial charge in [0.05, 0.1) is 18.4 Å². The predicted octanol–water partition coefficient (Wildman–Crippen LogP) is 1.83. The van der Waals surface area contributed by atoms with Gasteiger partial charge >= 0.3 is 0 Å². The smallest absolute Gasteiger partial charge is 0.257 e. The molecule has 0 aliphatic heterocycles. The fourth-order valence-corrected chi connectivity index (χ4v) is 2.36. The molecule has 0 unspecified atom stereocenters. The molecule has 1 heterocycles. The van der Waals surface area contributed by atoms with E-state index < -0.39 is 0 Å². The molecule has 1 N–H and O–H groups in total. The molecule has 0 bridgehead atoms. The summed E-state index contributed by atoms with van der Waals surface area (Å²) >= 11 is 0. The monoisotopic (exact) mass is 279 g/mol. The fraction of sp³-hybridized carbons (Fsp3) is 0.733. The van der Waals surface area contributed by atoms with Gasteiger partial charge in [-0.05, 0) is 32.1 Å². The predicted molar refractivity (Wildman–Crippen MR) is 77.6 cm³/mol. The summed E-state index contributed by atoms with van der Waals surface area (Å²) < 4.78 is 1.91. The van der Waals surface area contributed by atoms with Gasteiger partial charge in [0, 0.05) is 24.8 Å². The van der Waals surface area contributed by atoms with Crippen LogP contribution in [0, 0.1) is 12.8 Å². The van der Waals surface area contributed by atoms with Crippen molar-refractivity contribution in [1.82, 2.24) is 14.7 Å². The van der Waals surface area contributed by atoms with Crippen LogP contribution in [-0.2, 0) is 6.54 Å². The number of rotatable bonds is 7. The minimum atomic E-state index is 0.00912. The van der Waals surface area contributed by atoms with Crippen LogP contribution in [0.3, 0.4) is 0 Å². The van der Waals surface area contributed by atoms with E-state index in [1.54, 1.807) is 11.1 Å². The van der Waals surface area contributed by atoms with E-state index in [9.17, 15) is 4.79 Å². The molecule has 1 aromatic heterocycles. The van der Waals surface area contributed by atoms with Gasteiger partial charge < -0.3 is 10.0 Å². The molecule has 0 atom stereocenters. The Balaban J connectivity index is 2.09. The number of aromatic nitrogens is 2. The van der Waals surface area contributed by atoms with E-state index >= 15 is 0 Å². The fourth-order valence-electron chi connectivity index (χ4n) is 2.36. The first-order chi connectivity index (χ1) is 9.54. The standard InChI is InChI=1S/C15H25N3O2/c1-11(2)6-7-18-12(3)14(10-16-18)15(20)17(8-9-19)13-4-5-13/h10-11,13,19H,4-9H2,1-3H3. The Kier molecular flexibility index (Phi) is 4.81. The molecule has 0 aromatic carbocycles.